The standard InChI is InChI=1S/C20H25N9/c1-20(2,3)15-11-14-18(21-5-6-29(14)25-15)27-7-9-28(10-8-27)19-16-17(22-12-23-19)24-13-26(16)4/h5-6,11-13H,7-10H2,1-4H3. The van der Waals surface area contributed by atoms with E-state index in [-0.39, 0.29) is 5.41 Å². The van der Waals surface area contributed by atoms with Gasteiger partial charge in [-0.1, -0.05) is 20.8 Å². The van der Waals surface area contributed by atoms with Crippen molar-refractivity contribution in [2.45, 2.75) is 26.2 Å². The second-order valence-electron chi connectivity index (χ2n) is 8.56. The first-order chi connectivity index (χ1) is 13.9. The van der Waals surface area contributed by atoms with Gasteiger partial charge in [-0.05, 0) is 6.07 Å². The molecule has 150 valence electrons. The van der Waals surface area contributed by atoms with E-state index in [1.807, 2.05) is 28.5 Å². The van der Waals surface area contributed by atoms with Crippen LogP contribution in [-0.4, -0.2) is 60.3 Å². The van der Waals surface area contributed by atoms with Gasteiger partial charge in [-0.25, -0.2) is 24.5 Å². The van der Waals surface area contributed by atoms with Gasteiger partial charge >= 0.3 is 0 Å². The van der Waals surface area contributed by atoms with Gasteiger partial charge in [0.1, 0.15) is 17.4 Å². The van der Waals surface area contributed by atoms with E-state index in [1.165, 1.54) is 0 Å². The molecule has 1 aliphatic heterocycles. The molecule has 9 heteroatoms. The Balaban J connectivity index is 1.42. The number of aryl methyl sites for hydroxylation is 1. The van der Waals surface area contributed by atoms with Crippen molar-refractivity contribution in [3.05, 3.63) is 36.8 Å². The van der Waals surface area contributed by atoms with Crippen LogP contribution in [0.1, 0.15) is 26.5 Å². The van der Waals surface area contributed by atoms with Crippen LogP contribution in [0.5, 0.6) is 0 Å². The lowest BCUT2D eigenvalue weighted by Crippen LogP contribution is -2.47. The first-order valence-electron chi connectivity index (χ1n) is 9.88. The summed E-state index contributed by atoms with van der Waals surface area (Å²) >= 11 is 0. The molecular formula is C20H25N9. The van der Waals surface area contributed by atoms with Crippen molar-refractivity contribution in [3.8, 4) is 0 Å². The zero-order valence-electron chi connectivity index (χ0n) is 17.2. The molecule has 0 radical (unpaired) electrons. The van der Waals surface area contributed by atoms with Gasteiger partial charge in [0.05, 0.1) is 12.0 Å². The summed E-state index contributed by atoms with van der Waals surface area (Å²) in [6, 6.07) is 2.16. The highest BCUT2D eigenvalue weighted by Crippen LogP contribution is 2.28. The third-order valence-corrected chi connectivity index (χ3v) is 5.51. The summed E-state index contributed by atoms with van der Waals surface area (Å²) in [5, 5.41) is 4.75. The number of nitrogens with zero attached hydrogens (tertiary/aromatic N) is 9. The van der Waals surface area contributed by atoms with Gasteiger partial charge in [-0.3, -0.25) is 0 Å². The van der Waals surface area contributed by atoms with Crippen LogP contribution in [-0.2, 0) is 12.5 Å². The van der Waals surface area contributed by atoms with Crippen LogP contribution in [0.3, 0.4) is 0 Å². The molecule has 0 spiro atoms. The molecule has 0 aromatic carbocycles. The molecule has 29 heavy (non-hydrogen) atoms. The smallest absolute Gasteiger partial charge is 0.182 e. The lowest BCUT2D eigenvalue weighted by molar-refractivity contribution is 0.562. The molecule has 5 rings (SSSR count). The maximum Gasteiger partial charge on any atom is 0.182 e. The maximum absolute atomic E-state index is 4.75. The summed E-state index contributed by atoms with van der Waals surface area (Å²) in [4.78, 5) is 22.5. The predicted molar refractivity (Wildman–Crippen MR) is 112 cm³/mol. The fourth-order valence-corrected chi connectivity index (χ4v) is 3.85. The Morgan fingerprint density at radius 3 is 2.34 bits per heavy atom. The van der Waals surface area contributed by atoms with Crippen molar-refractivity contribution in [1.82, 2.24) is 34.1 Å². The van der Waals surface area contributed by atoms with Crippen LogP contribution < -0.4 is 9.80 Å². The van der Waals surface area contributed by atoms with Gasteiger partial charge in [0.25, 0.3) is 0 Å². The predicted octanol–water partition coefficient (Wildman–Crippen LogP) is 2.03. The highest BCUT2D eigenvalue weighted by molar-refractivity contribution is 5.83. The summed E-state index contributed by atoms with van der Waals surface area (Å²) in [7, 11) is 1.98. The highest BCUT2D eigenvalue weighted by atomic mass is 15.3. The van der Waals surface area contributed by atoms with Crippen molar-refractivity contribution in [3.63, 3.8) is 0 Å². The molecule has 0 aliphatic carbocycles. The van der Waals surface area contributed by atoms with Crippen LogP contribution in [0.25, 0.3) is 16.7 Å². The van der Waals surface area contributed by atoms with E-state index >= 15 is 0 Å². The molecule has 5 heterocycles. The minimum absolute atomic E-state index is 0.00345. The lowest BCUT2D eigenvalue weighted by atomic mass is 9.92. The van der Waals surface area contributed by atoms with Crippen molar-refractivity contribution in [2.75, 3.05) is 36.0 Å². The van der Waals surface area contributed by atoms with E-state index in [2.05, 4.69) is 56.6 Å². The van der Waals surface area contributed by atoms with E-state index < -0.39 is 0 Å². The van der Waals surface area contributed by atoms with Crippen molar-refractivity contribution < 1.29 is 0 Å². The van der Waals surface area contributed by atoms with E-state index in [4.69, 9.17) is 5.10 Å². The quantitative estimate of drug-likeness (QED) is 0.517. The summed E-state index contributed by atoms with van der Waals surface area (Å²) in [6.07, 6.45) is 7.14. The SMILES string of the molecule is Cn1cnc2ncnc(N3CCN(c4nccn5nc(C(C)(C)C)cc45)CC3)c21. The Morgan fingerprint density at radius 2 is 1.62 bits per heavy atom. The summed E-state index contributed by atoms with van der Waals surface area (Å²) in [5.74, 6) is 1.93. The molecular weight excluding hydrogens is 366 g/mol. The Hall–Kier alpha value is -3.23. The molecule has 0 saturated carbocycles. The van der Waals surface area contributed by atoms with Gasteiger partial charge in [0.15, 0.2) is 17.3 Å². The second kappa shape index (κ2) is 6.40. The maximum atomic E-state index is 4.75. The lowest BCUT2D eigenvalue weighted by Gasteiger charge is -2.36. The number of rotatable bonds is 2. The molecule has 4 aromatic heterocycles. The van der Waals surface area contributed by atoms with Crippen LogP contribution in [0.2, 0.25) is 0 Å². The molecule has 1 saturated heterocycles. The van der Waals surface area contributed by atoms with Gasteiger partial charge < -0.3 is 14.4 Å². The number of piperazine rings is 1. The minimum atomic E-state index is 0.00345. The minimum Gasteiger partial charge on any atom is -0.351 e. The fraction of sp³-hybridized carbons (Fsp3) is 0.450. The summed E-state index contributed by atoms with van der Waals surface area (Å²) in [5.41, 5.74) is 3.85. The largest absolute Gasteiger partial charge is 0.351 e. The molecule has 0 bridgehead atoms. The number of imidazole rings is 1. The zero-order chi connectivity index (χ0) is 20.2. The summed E-state index contributed by atoms with van der Waals surface area (Å²) in [6.45, 7) is 10.0. The van der Waals surface area contributed by atoms with Crippen molar-refractivity contribution in [2.24, 2.45) is 7.05 Å². The molecule has 0 atom stereocenters. The van der Waals surface area contributed by atoms with E-state index in [1.54, 1.807) is 12.7 Å². The first kappa shape index (κ1) is 17.8. The van der Waals surface area contributed by atoms with Crippen LogP contribution >= 0.6 is 0 Å². The van der Waals surface area contributed by atoms with Crippen LogP contribution in [0, 0.1) is 0 Å². The van der Waals surface area contributed by atoms with Gasteiger partial charge in [0, 0.05) is 51.0 Å². The van der Waals surface area contributed by atoms with Crippen LogP contribution in [0.15, 0.2) is 31.1 Å². The molecule has 1 aliphatic rings. The molecule has 4 aromatic rings. The van der Waals surface area contributed by atoms with Gasteiger partial charge in [-0.2, -0.15) is 5.10 Å². The number of hydrogen-bond acceptors (Lipinski definition) is 7. The second-order valence-corrected chi connectivity index (χ2v) is 8.56. The highest BCUT2D eigenvalue weighted by Gasteiger charge is 2.25. The van der Waals surface area contributed by atoms with Crippen molar-refractivity contribution in [1.29, 1.82) is 0 Å². The van der Waals surface area contributed by atoms with E-state index in [0.717, 1.165) is 60.2 Å². The average Bonchev–Trinajstić information content (AvgIpc) is 3.32. The Kier molecular flexibility index (Phi) is 3.94. The van der Waals surface area contributed by atoms with E-state index in [9.17, 15) is 0 Å². The van der Waals surface area contributed by atoms with Gasteiger partial charge in [-0.15, -0.1) is 0 Å². The third kappa shape index (κ3) is 2.97. The molecule has 1 fully saturated rings. The average molecular weight is 391 g/mol. The Bertz CT molecular complexity index is 1180. The van der Waals surface area contributed by atoms with Gasteiger partial charge in [0.2, 0.25) is 0 Å². The zero-order valence-corrected chi connectivity index (χ0v) is 17.2. The Morgan fingerprint density at radius 1 is 0.897 bits per heavy atom. The number of fused-ring (bicyclic) bond motifs is 2. The monoisotopic (exact) mass is 391 g/mol. The first-order valence-corrected chi connectivity index (χ1v) is 9.88. The Labute approximate surface area is 169 Å². The number of anilines is 2. The molecule has 0 N–H and O–H groups in total. The topological polar surface area (TPSA) is 80.3 Å². The van der Waals surface area contributed by atoms with Crippen LogP contribution in [0.4, 0.5) is 11.6 Å². The van der Waals surface area contributed by atoms with E-state index in [0.29, 0.717) is 0 Å². The molecule has 9 nitrogen and oxygen atoms in total. The normalized spacial score (nSPS) is 15.6. The molecule has 0 amide bonds. The third-order valence-electron chi connectivity index (χ3n) is 5.51. The molecule has 0 unspecified atom stereocenters. The summed E-state index contributed by atoms with van der Waals surface area (Å²) < 4.78 is 3.93. The number of hydrogen-bond donors (Lipinski definition) is 0. The fourth-order valence-electron chi connectivity index (χ4n) is 3.85. The number of aromatic nitrogens is 7. The van der Waals surface area contributed by atoms with Crippen molar-refractivity contribution >= 4 is 28.3 Å².